The molecular formula is C17H23N3. The van der Waals surface area contributed by atoms with E-state index >= 15 is 0 Å². The quantitative estimate of drug-likeness (QED) is 0.904. The van der Waals surface area contributed by atoms with Crippen LogP contribution in [0.25, 0.3) is 0 Å². The van der Waals surface area contributed by atoms with Crippen LogP contribution in [-0.4, -0.2) is 16.1 Å². The minimum atomic E-state index is 0.935. The lowest BCUT2D eigenvalue weighted by atomic mass is 10.1. The van der Waals surface area contributed by atoms with Crippen molar-refractivity contribution in [2.75, 3.05) is 6.54 Å². The first-order valence-corrected chi connectivity index (χ1v) is 7.70. The van der Waals surface area contributed by atoms with Gasteiger partial charge in [-0.1, -0.05) is 37.3 Å². The van der Waals surface area contributed by atoms with Crippen molar-refractivity contribution in [1.29, 1.82) is 0 Å². The second-order valence-corrected chi connectivity index (χ2v) is 5.49. The molecule has 0 saturated carbocycles. The first-order valence-electron chi connectivity index (χ1n) is 7.70. The Balaban J connectivity index is 1.81. The molecule has 0 atom stereocenters. The van der Waals surface area contributed by atoms with Crippen LogP contribution in [0.2, 0.25) is 0 Å². The molecule has 1 aromatic heterocycles. The maximum atomic E-state index is 4.85. The number of hydrogen-bond donors (Lipinski definition) is 1. The Hall–Kier alpha value is -1.61. The molecule has 1 aliphatic heterocycles. The van der Waals surface area contributed by atoms with Gasteiger partial charge in [-0.15, -0.1) is 0 Å². The van der Waals surface area contributed by atoms with Crippen LogP contribution in [0.1, 0.15) is 36.1 Å². The molecule has 3 rings (SSSR count). The molecule has 1 aliphatic rings. The summed E-state index contributed by atoms with van der Waals surface area (Å²) in [5.74, 6) is 1.28. The summed E-state index contributed by atoms with van der Waals surface area (Å²) in [5, 5.41) is 3.42. The van der Waals surface area contributed by atoms with E-state index in [4.69, 9.17) is 4.98 Å². The van der Waals surface area contributed by atoms with Gasteiger partial charge in [-0.2, -0.15) is 0 Å². The van der Waals surface area contributed by atoms with Gasteiger partial charge in [-0.05, 0) is 18.4 Å². The molecule has 0 saturated heterocycles. The van der Waals surface area contributed by atoms with Crippen molar-refractivity contribution >= 4 is 0 Å². The highest BCUT2D eigenvalue weighted by Gasteiger charge is 2.18. The number of nitrogens with zero attached hydrogens (tertiary/aromatic N) is 2. The van der Waals surface area contributed by atoms with Gasteiger partial charge in [0.1, 0.15) is 5.82 Å². The number of rotatable bonds is 5. The zero-order valence-corrected chi connectivity index (χ0v) is 12.2. The van der Waals surface area contributed by atoms with E-state index in [1.807, 2.05) is 0 Å². The number of nitrogens with one attached hydrogen (secondary N) is 1. The zero-order chi connectivity index (χ0) is 13.8. The smallest absolute Gasteiger partial charge is 0.109 e. The molecule has 2 aromatic rings. The van der Waals surface area contributed by atoms with E-state index in [1.54, 1.807) is 0 Å². The summed E-state index contributed by atoms with van der Waals surface area (Å²) >= 11 is 0. The summed E-state index contributed by atoms with van der Waals surface area (Å²) in [6.45, 7) is 5.30. The minimum absolute atomic E-state index is 0.935. The van der Waals surface area contributed by atoms with Crippen molar-refractivity contribution in [2.24, 2.45) is 0 Å². The van der Waals surface area contributed by atoms with Crippen LogP contribution in [0.4, 0.5) is 0 Å². The zero-order valence-electron chi connectivity index (χ0n) is 12.2. The third kappa shape index (κ3) is 2.78. The summed E-state index contributed by atoms with van der Waals surface area (Å²) < 4.78 is 2.48. The van der Waals surface area contributed by atoms with Crippen molar-refractivity contribution in [3.05, 3.63) is 53.1 Å². The van der Waals surface area contributed by atoms with E-state index < -0.39 is 0 Å². The Bertz CT molecular complexity index is 557. The average molecular weight is 269 g/mol. The van der Waals surface area contributed by atoms with Crippen LogP contribution in [0.5, 0.6) is 0 Å². The maximum absolute atomic E-state index is 4.85. The molecule has 2 heterocycles. The minimum Gasteiger partial charge on any atom is -0.331 e. The average Bonchev–Trinajstić information content (AvgIpc) is 2.84. The van der Waals surface area contributed by atoms with Crippen LogP contribution in [0.15, 0.2) is 30.3 Å². The van der Waals surface area contributed by atoms with Gasteiger partial charge in [-0.25, -0.2) is 4.98 Å². The standard InChI is InChI=1S/C17H23N3/c1-2-6-17-19-15-13-18-11-9-16(15)20(17)12-10-14-7-4-3-5-8-14/h3-5,7-8,18H,2,6,9-13H2,1H3. The molecule has 20 heavy (non-hydrogen) atoms. The molecule has 3 heteroatoms. The highest BCUT2D eigenvalue weighted by Crippen LogP contribution is 2.18. The molecule has 0 fully saturated rings. The highest BCUT2D eigenvalue weighted by molar-refractivity contribution is 5.21. The molecular weight excluding hydrogens is 246 g/mol. The van der Waals surface area contributed by atoms with Gasteiger partial charge in [0.2, 0.25) is 0 Å². The second-order valence-electron chi connectivity index (χ2n) is 5.49. The van der Waals surface area contributed by atoms with E-state index in [0.717, 1.165) is 45.3 Å². The molecule has 0 unspecified atom stereocenters. The largest absolute Gasteiger partial charge is 0.331 e. The lowest BCUT2D eigenvalue weighted by Gasteiger charge is -2.16. The first kappa shape index (κ1) is 13.4. The number of hydrogen-bond acceptors (Lipinski definition) is 2. The Morgan fingerprint density at radius 3 is 2.85 bits per heavy atom. The van der Waals surface area contributed by atoms with Crippen molar-refractivity contribution in [2.45, 2.75) is 45.7 Å². The fourth-order valence-electron chi connectivity index (χ4n) is 2.99. The van der Waals surface area contributed by atoms with Crippen molar-refractivity contribution < 1.29 is 0 Å². The topological polar surface area (TPSA) is 29.9 Å². The molecule has 3 nitrogen and oxygen atoms in total. The molecule has 0 radical (unpaired) electrons. The third-order valence-electron chi connectivity index (χ3n) is 4.01. The summed E-state index contributed by atoms with van der Waals surface area (Å²) in [4.78, 5) is 4.85. The van der Waals surface area contributed by atoms with E-state index in [9.17, 15) is 0 Å². The van der Waals surface area contributed by atoms with Gasteiger partial charge in [0.05, 0.1) is 5.69 Å². The third-order valence-corrected chi connectivity index (χ3v) is 4.01. The summed E-state index contributed by atoms with van der Waals surface area (Å²) in [5.41, 5.74) is 4.14. The predicted octanol–water partition coefficient (Wildman–Crippen LogP) is 2.72. The van der Waals surface area contributed by atoms with Gasteiger partial charge in [0.15, 0.2) is 0 Å². The normalized spacial score (nSPS) is 14.2. The Morgan fingerprint density at radius 1 is 1.20 bits per heavy atom. The molecule has 0 spiro atoms. The summed E-state index contributed by atoms with van der Waals surface area (Å²) in [6.07, 6.45) is 4.45. The molecule has 1 aromatic carbocycles. The Morgan fingerprint density at radius 2 is 2.05 bits per heavy atom. The fourth-order valence-corrected chi connectivity index (χ4v) is 2.99. The van der Waals surface area contributed by atoms with Crippen molar-refractivity contribution in [3.8, 4) is 0 Å². The number of fused-ring (bicyclic) bond motifs is 1. The predicted molar refractivity (Wildman–Crippen MR) is 81.8 cm³/mol. The monoisotopic (exact) mass is 269 g/mol. The van der Waals surface area contributed by atoms with E-state index in [0.29, 0.717) is 0 Å². The molecule has 0 amide bonds. The van der Waals surface area contributed by atoms with E-state index in [-0.39, 0.29) is 0 Å². The lowest BCUT2D eigenvalue weighted by Crippen LogP contribution is -2.25. The summed E-state index contributed by atoms with van der Waals surface area (Å²) in [7, 11) is 0. The van der Waals surface area contributed by atoms with Gasteiger partial charge in [-0.3, -0.25) is 0 Å². The van der Waals surface area contributed by atoms with E-state index in [2.05, 4.69) is 47.1 Å². The van der Waals surface area contributed by atoms with Crippen LogP contribution < -0.4 is 5.32 Å². The lowest BCUT2D eigenvalue weighted by molar-refractivity contribution is 0.574. The fraction of sp³-hybridized carbons (Fsp3) is 0.471. The van der Waals surface area contributed by atoms with Crippen LogP contribution in [0, 0.1) is 0 Å². The molecule has 0 aliphatic carbocycles. The highest BCUT2D eigenvalue weighted by atomic mass is 15.1. The maximum Gasteiger partial charge on any atom is 0.109 e. The SMILES string of the molecule is CCCc1nc2c(n1CCc1ccccc1)CCNC2. The summed E-state index contributed by atoms with van der Waals surface area (Å²) in [6, 6.07) is 10.7. The van der Waals surface area contributed by atoms with Gasteiger partial charge < -0.3 is 9.88 Å². The van der Waals surface area contributed by atoms with Gasteiger partial charge in [0.25, 0.3) is 0 Å². The van der Waals surface area contributed by atoms with Crippen molar-refractivity contribution in [3.63, 3.8) is 0 Å². The van der Waals surface area contributed by atoms with Gasteiger partial charge in [0, 0.05) is 38.2 Å². The van der Waals surface area contributed by atoms with Crippen molar-refractivity contribution in [1.82, 2.24) is 14.9 Å². The Kier molecular flexibility index (Phi) is 4.16. The van der Waals surface area contributed by atoms with Crippen LogP contribution >= 0.6 is 0 Å². The number of aromatic nitrogens is 2. The second kappa shape index (κ2) is 6.23. The molecule has 0 bridgehead atoms. The van der Waals surface area contributed by atoms with Crippen LogP contribution in [0.3, 0.4) is 0 Å². The first-order chi connectivity index (χ1) is 9.88. The van der Waals surface area contributed by atoms with Crippen LogP contribution in [-0.2, 0) is 32.4 Å². The number of imidazole rings is 1. The number of benzene rings is 1. The molecule has 106 valence electrons. The Labute approximate surface area is 121 Å². The molecule has 1 N–H and O–H groups in total. The van der Waals surface area contributed by atoms with Gasteiger partial charge >= 0.3 is 0 Å². The van der Waals surface area contributed by atoms with E-state index in [1.165, 1.54) is 22.8 Å². The number of aryl methyl sites for hydroxylation is 2.